The van der Waals surface area contributed by atoms with Crippen LogP contribution < -0.4 is 10.1 Å². The molecule has 0 saturated carbocycles. The van der Waals surface area contributed by atoms with Crippen LogP contribution in [0.2, 0.25) is 0 Å². The molecule has 0 amide bonds. The second-order valence-corrected chi connectivity index (χ2v) is 3.48. The van der Waals surface area contributed by atoms with Crippen molar-refractivity contribution in [2.24, 2.45) is 0 Å². The van der Waals surface area contributed by atoms with Crippen LogP contribution in [0.15, 0.2) is 18.3 Å². The zero-order valence-electron chi connectivity index (χ0n) is 10.2. The predicted molar refractivity (Wildman–Crippen MR) is 63.7 cm³/mol. The van der Waals surface area contributed by atoms with E-state index in [9.17, 15) is 0 Å². The lowest BCUT2D eigenvalue weighted by atomic mass is 10.1. The minimum Gasteiger partial charge on any atom is -0.475 e. The molecule has 1 atom stereocenters. The molecule has 1 aromatic heterocycles. The zero-order valence-corrected chi connectivity index (χ0v) is 10.2. The number of hydrogen-bond acceptors (Lipinski definition) is 4. The molecule has 0 aliphatic rings. The molecule has 0 radical (unpaired) electrons. The largest absolute Gasteiger partial charge is 0.475 e. The Labute approximate surface area is 97.0 Å². The fourth-order valence-corrected chi connectivity index (χ4v) is 1.29. The average molecular weight is 224 g/mol. The summed E-state index contributed by atoms with van der Waals surface area (Å²) in [6.07, 6.45) is 1.76. The monoisotopic (exact) mass is 224 g/mol. The lowest BCUT2D eigenvalue weighted by molar-refractivity contribution is 0.108. The molecule has 90 valence electrons. The van der Waals surface area contributed by atoms with E-state index in [2.05, 4.69) is 17.2 Å². The maximum absolute atomic E-state index is 5.48. The molecule has 0 fully saturated rings. The quantitative estimate of drug-likeness (QED) is 0.717. The van der Waals surface area contributed by atoms with Crippen molar-refractivity contribution in [3.05, 3.63) is 23.9 Å². The third kappa shape index (κ3) is 4.16. The Balaban J connectivity index is 2.47. The number of hydrogen-bond donors (Lipinski definition) is 1. The summed E-state index contributed by atoms with van der Waals surface area (Å²) in [5.41, 5.74) is 1.17. The van der Waals surface area contributed by atoms with Crippen molar-refractivity contribution in [3.8, 4) is 5.88 Å². The summed E-state index contributed by atoms with van der Waals surface area (Å²) in [7, 11) is 1.93. The van der Waals surface area contributed by atoms with Crippen molar-refractivity contribution in [2.45, 2.75) is 19.9 Å². The smallest absolute Gasteiger partial charge is 0.213 e. The van der Waals surface area contributed by atoms with E-state index in [0.717, 1.165) is 0 Å². The number of nitrogens with zero attached hydrogens (tertiary/aromatic N) is 1. The van der Waals surface area contributed by atoms with Gasteiger partial charge in [-0.2, -0.15) is 0 Å². The molecule has 0 saturated heterocycles. The Kier molecular flexibility index (Phi) is 5.82. The number of ether oxygens (including phenoxy) is 2. The van der Waals surface area contributed by atoms with Gasteiger partial charge in [0, 0.05) is 24.9 Å². The van der Waals surface area contributed by atoms with Gasteiger partial charge in [0.1, 0.15) is 6.61 Å². The van der Waals surface area contributed by atoms with Crippen LogP contribution in [0, 0.1) is 0 Å². The molecule has 0 aromatic carbocycles. The van der Waals surface area contributed by atoms with Crippen LogP contribution in [-0.2, 0) is 4.74 Å². The maximum Gasteiger partial charge on any atom is 0.213 e. The molecule has 1 aromatic rings. The second-order valence-electron chi connectivity index (χ2n) is 3.48. The molecule has 1 rings (SSSR count). The highest BCUT2D eigenvalue weighted by atomic mass is 16.5. The fourth-order valence-electron chi connectivity index (χ4n) is 1.29. The minimum atomic E-state index is 0.303. The van der Waals surface area contributed by atoms with Gasteiger partial charge in [-0.1, -0.05) is 0 Å². The highest BCUT2D eigenvalue weighted by molar-refractivity contribution is 5.23. The lowest BCUT2D eigenvalue weighted by Crippen LogP contribution is -2.13. The van der Waals surface area contributed by atoms with Gasteiger partial charge in [0.05, 0.1) is 6.61 Å². The van der Waals surface area contributed by atoms with Gasteiger partial charge in [-0.25, -0.2) is 4.98 Å². The highest BCUT2D eigenvalue weighted by Gasteiger charge is 2.04. The summed E-state index contributed by atoms with van der Waals surface area (Å²) in [5.74, 6) is 0.652. The molecule has 1 N–H and O–H groups in total. The van der Waals surface area contributed by atoms with Gasteiger partial charge in [-0.15, -0.1) is 0 Å². The summed E-state index contributed by atoms with van der Waals surface area (Å²) in [4.78, 5) is 4.15. The van der Waals surface area contributed by atoms with Crippen LogP contribution in [0.4, 0.5) is 0 Å². The summed E-state index contributed by atoms with van der Waals surface area (Å²) >= 11 is 0. The fraction of sp³-hybridized carbons (Fsp3) is 0.583. The topological polar surface area (TPSA) is 43.4 Å². The van der Waals surface area contributed by atoms with Crippen LogP contribution in [0.1, 0.15) is 25.5 Å². The predicted octanol–water partition coefficient (Wildman–Crippen LogP) is 1.78. The molecule has 1 unspecified atom stereocenters. The standard InChI is InChI=1S/C12H20N2O2/c1-4-15-7-8-16-12-9-11(5-6-14-12)10(2)13-3/h5-6,9-10,13H,4,7-8H2,1-3H3. The van der Waals surface area contributed by atoms with Crippen LogP contribution in [-0.4, -0.2) is 31.9 Å². The molecule has 0 aliphatic carbocycles. The van der Waals surface area contributed by atoms with Crippen LogP contribution in [0.5, 0.6) is 5.88 Å². The van der Waals surface area contributed by atoms with Gasteiger partial charge < -0.3 is 14.8 Å². The van der Waals surface area contributed by atoms with E-state index in [1.54, 1.807) is 6.20 Å². The van der Waals surface area contributed by atoms with E-state index in [1.807, 2.05) is 26.1 Å². The first-order chi connectivity index (χ1) is 7.77. The Morgan fingerprint density at radius 3 is 2.94 bits per heavy atom. The van der Waals surface area contributed by atoms with Crippen molar-refractivity contribution < 1.29 is 9.47 Å². The van der Waals surface area contributed by atoms with Crippen LogP contribution in [0.25, 0.3) is 0 Å². The van der Waals surface area contributed by atoms with Crippen LogP contribution in [0.3, 0.4) is 0 Å². The van der Waals surface area contributed by atoms with Gasteiger partial charge in [0.25, 0.3) is 0 Å². The van der Waals surface area contributed by atoms with Gasteiger partial charge >= 0.3 is 0 Å². The third-order valence-electron chi connectivity index (χ3n) is 2.37. The van der Waals surface area contributed by atoms with Crippen LogP contribution >= 0.6 is 0 Å². The summed E-state index contributed by atoms with van der Waals surface area (Å²) in [6.45, 7) is 5.92. The van der Waals surface area contributed by atoms with Crippen molar-refractivity contribution in [1.82, 2.24) is 10.3 Å². The Hall–Kier alpha value is -1.13. The molecule has 4 heteroatoms. The second kappa shape index (κ2) is 7.19. The number of aromatic nitrogens is 1. The molecule has 0 spiro atoms. The molecule has 0 bridgehead atoms. The van der Waals surface area contributed by atoms with E-state index in [4.69, 9.17) is 9.47 Å². The van der Waals surface area contributed by atoms with Gasteiger partial charge in [0.15, 0.2) is 0 Å². The lowest BCUT2D eigenvalue weighted by Gasteiger charge is -2.11. The first kappa shape index (κ1) is 12.9. The third-order valence-corrected chi connectivity index (χ3v) is 2.37. The van der Waals surface area contributed by atoms with Crippen molar-refractivity contribution in [1.29, 1.82) is 0 Å². The molecule has 0 aliphatic heterocycles. The molecule has 16 heavy (non-hydrogen) atoms. The SMILES string of the molecule is CCOCCOc1cc(C(C)NC)ccn1. The highest BCUT2D eigenvalue weighted by Crippen LogP contribution is 2.15. The molecular formula is C12H20N2O2. The van der Waals surface area contributed by atoms with E-state index >= 15 is 0 Å². The number of pyridine rings is 1. The zero-order chi connectivity index (χ0) is 11.8. The number of rotatable bonds is 7. The first-order valence-electron chi connectivity index (χ1n) is 5.61. The Bertz CT molecular complexity index is 305. The van der Waals surface area contributed by atoms with Gasteiger partial charge in [0.2, 0.25) is 5.88 Å². The Morgan fingerprint density at radius 1 is 1.44 bits per heavy atom. The minimum absolute atomic E-state index is 0.303. The summed E-state index contributed by atoms with van der Waals surface area (Å²) in [5, 5.41) is 3.18. The van der Waals surface area contributed by atoms with Crippen molar-refractivity contribution >= 4 is 0 Å². The van der Waals surface area contributed by atoms with Gasteiger partial charge in [-0.05, 0) is 32.5 Å². The van der Waals surface area contributed by atoms with Crippen molar-refractivity contribution in [2.75, 3.05) is 26.9 Å². The maximum atomic E-state index is 5.48. The first-order valence-corrected chi connectivity index (χ1v) is 5.61. The van der Waals surface area contributed by atoms with E-state index in [0.29, 0.717) is 31.7 Å². The number of nitrogens with one attached hydrogen (secondary N) is 1. The summed E-state index contributed by atoms with van der Waals surface area (Å²) in [6, 6.07) is 4.24. The summed E-state index contributed by atoms with van der Waals surface area (Å²) < 4.78 is 10.7. The molecular weight excluding hydrogens is 204 g/mol. The molecule has 1 heterocycles. The molecule has 4 nitrogen and oxygen atoms in total. The van der Waals surface area contributed by atoms with E-state index < -0.39 is 0 Å². The van der Waals surface area contributed by atoms with Gasteiger partial charge in [-0.3, -0.25) is 0 Å². The van der Waals surface area contributed by atoms with Crippen molar-refractivity contribution in [3.63, 3.8) is 0 Å². The Morgan fingerprint density at radius 2 is 2.25 bits per heavy atom. The average Bonchev–Trinajstić information content (AvgIpc) is 2.34. The van der Waals surface area contributed by atoms with E-state index in [1.165, 1.54) is 5.56 Å². The normalized spacial score (nSPS) is 12.4. The van der Waals surface area contributed by atoms with E-state index in [-0.39, 0.29) is 0 Å².